The molecule has 0 fully saturated rings. The molecule has 2 aromatic rings. The lowest BCUT2D eigenvalue weighted by Gasteiger charge is -1.99. The monoisotopic (exact) mass is 217 g/mol. The van der Waals surface area contributed by atoms with Gasteiger partial charge in [0.2, 0.25) is 0 Å². The van der Waals surface area contributed by atoms with E-state index in [9.17, 15) is 5.11 Å². The maximum absolute atomic E-state index is 9.62. The zero-order valence-corrected chi connectivity index (χ0v) is 9.47. The van der Waals surface area contributed by atoms with Gasteiger partial charge in [-0.05, 0) is 19.4 Å². The molecule has 3 heteroatoms. The number of nitrogens with zero attached hydrogens (tertiary/aromatic N) is 1. The summed E-state index contributed by atoms with van der Waals surface area (Å²) >= 11 is 0. The van der Waals surface area contributed by atoms with E-state index in [2.05, 4.69) is 5.16 Å². The Morgan fingerprint density at radius 3 is 2.88 bits per heavy atom. The lowest BCUT2D eigenvalue weighted by molar-refractivity contribution is 0.163. The van der Waals surface area contributed by atoms with Gasteiger partial charge >= 0.3 is 0 Å². The second-order valence-electron chi connectivity index (χ2n) is 3.91. The van der Waals surface area contributed by atoms with Crippen LogP contribution in [0.4, 0.5) is 0 Å². The molecule has 0 radical (unpaired) electrons. The Hall–Kier alpha value is -1.61. The summed E-state index contributed by atoms with van der Waals surface area (Å²) in [6.45, 7) is 3.94. The number of aliphatic hydroxyl groups is 1. The number of rotatable bonds is 3. The molecule has 3 nitrogen and oxygen atoms in total. The van der Waals surface area contributed by atoms with Crippen LogP contribution in [-0.2, 0) is 0 Å². The molecule has 2 rings (SSSR count). The fourth-order valence-corrected chi connectivity index (χ4v) is 1.59. The standard InChI is InChI=1S/C13H15NO2/c1-3-12(15)11-8-13(16-14-11)10-6-4-5-9(2)7-10/h4-8,12,15H,3H2,1-2H3. The van der Waals surface area contributed by atoms with E-state index < -0.39 is 6.10 Å². The normalized spacial score (nSPS) is 12.7. The SMILES string of the molecule is CCC(O)c1cc(-c2cccc(C)c2)on1. The molecule has 0 bridgehead atoms. The van der Waals surface area contributed by atoms with Crippen molar-refractivity contribution in [2.24, 2.45) is 0 Å². The lowest BCUT2D eigenvalue weighted by atomic mass is 10.1. The highest BCUT2D eigenvalue weighted by Gasteiger charge is 2.12. The molecule has 0 aliphatic carbocycles. The van der Waals surface area contributed by atoms with Gasteiger partial charge < -0.3 is 9.63 Å². The molecular weight excluding hydrogens is 202 g/mol. The Morgan fingerprint density at radius 1 is 1.38 bits per heavy atom. The Labute approximate surface area is 94.7 Å². The Morgan fingerprint density at radius 2 is 2.19 bits per heavy atom. The molecule has 0 amide bonds. The van der Waals surface area contributed by atoms with Crippen LogP contribution in [-0.4, -0.2) is 10.3 Å². The third kappa shape index (κ3) is 2.14. The van der Waals surface area contributed by atoms with Crippen LogP contribution in [0.3, 0.4) is 0 Å². The second kappa shape index (κ2) is 4.49. The number of aliphatic hydroxyl groups excluding tert-OH is 1. The van der Waals surface area contributed by atoms with Crippen LogP contribution < -0.4 is 0 Å². The first-order valence-electron chi connectivity index (χ1n) is 5.42. The van der Waals surface area contributed by atoms with Gasteiger partial charge in [0, 0.05) is 11.6 Å². The van der Waals surface area contributed by atoms with Crippen molar-refractivity contribution in [1.29, 1.82) is 0 Å². The third-order valence-electron chi connectivity index (χ3n) is 2.56. The summed E-state index contributed by atoms with van der Waals surface area (Å²) < 4.78 is 5.22. The van der Waals surface area contributed by atoms with Crippen LogP contribution in [0.25, 0.3) is 11.3 Å². The van der Waals surface area contributed by atoms with Crippen molar-refractivity contribution in [3.63, 3.8) is 0 Å². The van der Waals surface area contributed by atoms with Gasteiger partial charge in [0.05, 0.1) is 6.10 Å². The number of hydrogen-bond acceptors (Lipinski definition) is 3. The quantitative estimate of drug-likeness (QED) is 0.859. The van der Waals surface area contributed by atoms with Crippen LogP contribution in [0.2, 0.25) is 0 Å². The van der Waals surface area contributed by atoms with E-state index in [1.165, 1.54) is 5.56 Å². The molecule has 0 saturated carbocycles. The summed E-state index contributed by atoms with van der Waals surface area (Å²) in [7, 11) is 0. The van der Waals surface area contributed by atoms with E-state index in [1.54, 1.807) is 6.07 Å². The van der Waals surface area contributed by atoms with Crippen molar-refractivity contribution in [1.82, 2.24) is 5.16 Å². The van der Waals surface area contributed by atoms with Gasteiger partial charge in [0.15, 0.2) is 5.76 Å². The minimum Gasteiger partial charge on any atom is -0.387 e. The molecule has 84 valence electrons. The van der Waals surface area contributed by atoms with Gasteiger partial charge in [-0.2, -0.15) is 0 Å². The zero-order valence-electron chi connectivity index (χ0n) is 9.47. The average molecular weight is 217 g/mol. The number of aryl methyl sites for hydroxylation is 1. The molecule has 1 unspecified atom stereocenters. The molecule has 1 atom stereocenters. The van der Waals surface area contributed by atoms with Gasteiger partial charge in [-0.1, -0.05) is 35.8 Å². The fraction of sp³-hybridized carbons (Fsp3) is 0.308. The highest BCUT2D eigenvalue weighted by atomic mass is 16.5. The first-order valence-corrected chi connectivity index (χ1v) is 5.42. The van der Waals surface area contributed by atoms with E-state index in [0.717, 1.165) is 5.56 Å². The average Bonchev–Trinajstić information content (AvgIpc) is 2.77. The van der Waals surface area contributed by atoms with Crippen LogP contribution in [0.5, 0.6) is 0 Å². The van der Waals surface area contributed by atoms with Gasteiger partial charge in [0.25, 0.3) is 0 Å². The minimum absolute atomic E-state index is 0.540. The highest BCUT2D eigenvalue weighted by molar-refractivity contribution is 5.58. The molecular formula is C13H15NO2. The molecule has 1 aromatic heterocycles. The van der Waals surface area contributed by atoms with Gasteiger partial charge in [0.1, 0.15) is 5.69 Å². The van der Waals surface area contributed by atoms with Crippen LogP contribution >= 0.6 is 0 Å². The maximum Gasteiger partial charge on any atom is 0.167 e. The fourth-order valence-electron chi connectivity index (χ4n) is 1.59. The molecule has 1 heterocycles. The van der Waals surface area contributed by atoms with Crippen molar-refractivity contribution in [3.8, 4) is 11.3 Å². The summed E-state index contributed by atoms with van der Waals surface area (Å²) in [5, 5.41) is 13.5. The molecule has 16 heavy (non-hydrogen) atoms. The first kappa shape index (κ1) is 10.9. The van der Waals surface area contributed by atoms with Crippen LogP contribution in [0, 0.1) is 6.92 Å². The topological polar surface area (TPSA) is 46.3 Å². The largest absolute Gasteiger partial charge is 0.387 e. The highest BCUT2D eigenvalue weighted by Crippen LogP contribution is 2.24. The lowest BCUT2D eigenvalue weighted by Crippen LogP contribution is -1.93. The predicted octanol–water partition coefficient (Wildman–Crippen LogP) is 3.09. The summed E-state index contributed by atoms with van der Waals surface area (Å²) in [5.41, 5.74) is 2.76. The third-order valence-corrected chi connectivity index (χ3v) is 2.56. The van der Waals surface area contributed by atoms with Gasteiger partial charge in [-0.15, -0.1) is 0 Å². The maximum atomic E-state index is 9.62. The molecule has 1 aromatic carbocycles. The Balaban J connectivity index is 2.31. The zero-order chi connectivity index (χ0) is 11.5. The van der Waals surface area contributed by atoms with Crippen molar-refractivity contribution >= 4 is 0 Å². The molecule has 0 aliphatic rings. The second-order valence-corrected chi connectivity index (χ2v) is 3.91. The summed E-state index contributed by atoms with van der Waals surface area (Å²) in [5.74, 6) is 0.700. The number of aromatic nitrogens is 1. The minimum atomic E-state index is -0.540. The summed E-state index contributed by atoms with van der Waals surface area (Å²) in [6.07, 6.45) is 0.0992. The van der Waals surface area contributed by atoms with Gasteiger partial charge in [-0.25, -0.2) is 0 Å². The van der Waals surface area contributed by atoms with E-state index in [1.807, 2.05) is 38.1 Å². The van der Waals surface area contributed by atoms with Crippen LogP contribution in [0.1, 0.15) is 30.7 Å². The Kier molecular flexibility index (Phi) is 3.06. The van der Waals surface area contributed by atoms with Crippen molar-refractivity contribution in [2.75, 3.05) is 0 Å². The molecule has 1 N–H and O–H groups in total. The van der Waals surface area contributed by atoms with Crippen molar-refractivity contribution in [3.05, 3.63) is 41.6 Å². The molecule has 0 saturated heterocycles. The number of benzene rings is 1. The molecule has 0 spiro atoms. The Bertz CT molecular complexity index is 476. The van der Waals surface area contributed by atoms with Crippen molar-refractivity contribution < 1.29 is 9.63 Å². The van der Waals surface area contributed by atoms with E-state index in [4.69, 9.17) is 4.52 Å². The summed E-state index contributed by atoms with van der Waals surface area (Å²) in [6, 6.07) is 9.80. The van der Waals surface area contributed by atoms with Crippen LogP contribution in [0.15, 0.2) is 34.9 Å². The van der Waals surface area contributed by atoms with E-state index in [0.29, 0.717) is 17.9 Å². The van der Waals surface area contributed by atoms with E-state index in [-0.39, 0.29) is 0 Å². The van der Waals surface area contributed by atoms with Crippen molar-refractivity contribution in [2.45, 2.75) is 26.4 Å². The smallest absolute Gasteiger partial charge is 0.167 e. The van der Waals surface area contributed by atoms with E-state index >= 15 is 0 Å². The first-order chi connectivity index (χ1) is 7.70. The summed E-state index contributed by atoms with van der Waals surface area (Å²) in [4.78, 5) is 0. The number of hydrogen-bond donors (Lipinski definition) is 1. The predicted molar refractivity (Wildman–Crippen MR) is 61.9 cm³/mol. The van der Waals surface area contributed by atoms with Gasteiger partial charge in [-0.3, -0.25) is 0 Å². The molecule has 0 aliphatic heterocycles.